The van der Waals surface area contributed by atoms with E-state index in [0.717, 1.165) is 12.1 Å². The van der Waals surface area contributed by atoms with E-state index in [2.05, 4.69) is 17.1 Å². The lowest BCUT2D eigenvalue weighted by atomic mass is 10.1. The average molecular weight is 168 g/mol. The van der Waals surface area contributed by atoms with Crippen molar-refractivity contribution < 1.29 is 0 Å². The molecule has 0 N–H and O–H groups in total. The Labute approximate surface area is 78.1 Å². The molecule has 0 spiro atoms. The molecular formula is C12H10N. The van der Waals surface area contributed by atoms with Crippen LogP contribution in [0, 0.1) is 6.07 Å². The molecule has 63 valence electrons. The van der Waals surface area contributed by atoms with Crippen molar-refractivity contribution in [3.63, 3.8) is 0 Å². The summed E-state index contributed by atoms with van der Waals surface area (Å²) in [6, 6.07) is 17.1. The van der Waals surface area contributed by atoms with Gasteiger partial charge in [-0.3, -0.25) is 4.98 Å². The van der Waals surface area contributed by atoms with Gasteiger partial charge < -0.3 is 0 Å². The zero-order valence-electron chi connectivity index (χ0n) is 7.27. The molecular weight excluding hydrogens is 158 g/mol. The van der Waals surface area contributed by atoms with Crippen LogP contribution in [0.4, 0.5) is 0 Å². The number of pyridine rings is 1. The fourth-order valence-electron chi connectivity index (χ4n) is 1.24. The van der Waals surface area contributed by atoms with Gasteiger partial charge in [-0.1, -0.05) is 30.3 Å². The molecule has 1 radical (unpaired) electrons. The molecule has 2 aromatic rings. The maximum absolute atomic E-state index is 4.25. The fourth-order valence-corrected chi connectivity index (χ4v) is 1.24. The lowest BCUT2D eigenvalue weighted by Crippen LogP contribution is -1.90. The summed E-state index contributed by atoms with van der Waals surface area (Å²) in [6.45, 7) is 0. The van der Waals surface area contributed by atoms with Crippen LogP contribution in [0.2, 0.25) is 0 Å². The van der Waals surface area contributed by atoms with Gasteiger partial charge in [-0.25, -0.2) is 0 Å². The zero-order valence-corrected chi connectivity index (χ0v) is 7.27. The van der Waals surface area contributed by atoms with Gasteiger partial charge in [0, 0.05) is 18.3 Å². The smallest absolute Gasteiger partial charge is 0.0447 e. The van der Waals surface area contributed by atoms with Gasteiger partial charge in [0.05, 0.1) is 0 Å². The maximum Gasteiger partial charge on any atom is 0.0447 e. The van der Waals surface area contributed by atoms with Gasteiger partial charge in [0.1, 0.15) is 0 Å². The van der Waals surface area contributed by atoms with Crippen LogP contribution < -0.4 is 0 Å². The number of rotatable bonds is 2. The van der Waals surface area contributed by atoms with Gasteiger partial charge in [-0.05, 0) is 23.8 Å². The summed E-state index contributed by atoms with van der Waals surface area (Å²) < 4.78 is 0. The van der Waals surface area contributed by atoms with Gasteiger partial charge in [-0.2, -0.15) is 0 Å². The van der Waals surface area contributed by atoms with Crippen molar-refractivity contribution in [2.45, 2.75) is 6.42 Å². The Morgan fingerprint density at radius 3 is 2.69 bits per heavy atom. The van der Waals surface area contributed by atoms with E-state index in [0.29, 0.717) is 0 Å². The quantitative estimate of drug-likeness (QED) is 0.671. The summed E-state index contributed by atoms with van der Waals surface area (Å²) in [4.78, 5) is 4.25. The van der Waals surface area contributed by atoms with Crippen LogP contribution in [0.1, 0.15) is 11.3 Å². The Balaban J connectivity index is 2.16. The second-order valence-electron chi connectivity index (χ2n) is 2.89. The van der Waals surface area contributed by atoms with Gasteiger partial charge in [-0.15, -0.1) is 0 Å². The van der Waals surface area contributed by atoms with Crippen LogP contribution in [0.15, 0.2) is 48.7 Å². The van der Waals surface area contributed by atoms with Crippen molar-refractivity contribution in [3.8, 4) is 0 Å². The molecule has 1 heterocycles. The van der Waals surface area contributed by atoms with Crippen LogP contribution in [0.5, 0.6) is 0 Å². The molecule has 1 heteroatoms. The lowest BCUT2D eigenvalue weighted by molar-refractivity contribution is 1.07. The van der Waals surface area contributed by atoms with Crippen LogP contribution in [0.3, 0.4) is 0 Å². The molecule has 13 heavy (non-hydrogen) atoms. The Morgan fingerprint density at radius 1 is 1.08 bits per heavy atom. The molecule has 1 nitrogen and oxygen atoms in total. The van der Waals surface area contributed by atoms with Crippen molar-refractivity contribution in [1.82, 2.24) is 4.98 Å². The molecule has 0 aliphatic rings. The summed E-state index contributed by atoms with van der Waals surface area (Å²) in [5, 5.41) is 0. The molecule has 0 aliphatic carbocycles. The van der Waals surface area contributed by atoms with Crippen LogP contribution in [-0.2, 0) is 6.42 Å². The molecule has 0 atom stereocenters. The Kier molecular flexibility index (Phi) is 2.37. The van der Waals surface area contributed by atoms with Gasteiger partial charge >= 0.3 is 0 Å². The highest BCUT2D eigenvalue weighted by Gasteiger charge is 1.94. The third-order valence-corrected chi connectivity index (χ3v) is 1.87. The second-order valence-corrected chi connectivity index (χ2v) is 2.89. The van der Waals surface area contributed by atoms with E-state index in [1.54, 1.807) is 0 Å². The number of benzene rings is 1. The fraction of sp³-hybridized carbons (Fsp3) is 0.0833. The van der Waals surface area contributed by atoms with E-state index in [1.807, 2.05) is 42.6 Å². The number of nitrogens with zero attached hydrogens (tertiary/aromatic N) is 1. The van der Waals surface area contributed by atoms with E-state index < -0.39 is 0 Å². The average Bonchev–Trinajstić information content (AvgIpc) is 2.21. The SMILES string of the molecule is [c]1ccccc1Cc1ccccn1. The monoisotopic (exact) mass is 168 g/mol. The maximum atomic E-state index is 4.25. The standard InChI is InChI=1S/C12H10N/c1-2-6-11(7-3-1)10-12-8-4-5-9-13-12/h1-6,8-9H,10H2. The normalized spacial score (nSPS) is 9.85. The number of hydrogen-bond donors (Lipinski definition) is 0. The van der Waals surface area contributed by atoms with E-state index in [9.17, 15) is 0 Å². The number of aromatic nitrogens is 1. The third kappa shape index (κ3) is 2.15. The molecule has 0 aliphatic heterocycles. The summed E-state index contributed by atoms with van der Waals surface area (Å²) in [7, 11) is 0. The first-order valence-electron chi connectivity index (χ1n) is 4.30. The lowest BCUT2D eigenvalue weighted by Gasteiger charge is -1.98. The molecule has 0 fully saturated rings. The first-order valence-corrected chi connectivity index (χ1v) is 4.30. The largest absolute Gasteiger partial charge is 0.261 e. The molecule has 0 saturated heterocycles. The van der Waals surface area contributed by atoms with Crippen LogP contribution in [-0.4, -0.2) is 4.98 Å². The Morgan fingerprint density at radius 2 is 2.00 bits per heavy atom. The molecule has 0 unspecified atom stereocenters. The van der Waals surface area contributed by atoms with E-state index in [4.69, 9.17) is 0 Å². The molecule has 0 bridgehead atoms. The highest BCUT2D eigenvalue weighted by molar-refractivity contribution is 5.20. The molecule has 1 aromatic carbocycles. The van der Waals surface area contributed by atoms with E-state index in [1.165, 1.54) is 5.56 Å². The Hall–Kier alpha value is -1.63. The first-order chi connectivity index (χ1) is 6.45. The van der Waals surface area contributed by atoms with Crippen molar-refractivity contribution in [2.75, 3.05) is 0 Å². The van der Waals surface area contributed by atoms with Gasteiger partial charge in [0.25, 0.3) is 0 Å². The summed E-state index contributed by atoms with van der Waals surface area (Å²) in [5.41, 5.74) is 2.27. The molecule has 2 rings (SSSR count). The third-order valence-electron chi connectivity index (χ3n) is 1.87. The molecule has 0 saturated carbocycles. The van der Waals surface area contributed by atoms with Crippen LogP contribution in [0.25, 0.3) is 0 Å². The predicted octanol–water partition coefficient (Wildman–Crippen LogP) is 2.47. The second kappa shape index (κ2) is 3.85. The van der Waals surface area contributed by atoms with E-state index >= 15 is 0 Å². The van der Waals surface area contributed by atoms with Crippen LogP contribution >= 0.6 is 0 Å². The number of hydrogen-bond acceptors (Lipinski definition) is 1. The summed E-state index contributed by atoms with van der Waals surface area (Å²) >= 11 is 0. The molecule has 1 aromatic heterocycles. The van der Waals surface area contributed by atoms with Crippen molar-refractivity contribution in [1.29, 1.82) is 0 Å². The first kappa shape index (κ1) is 7.99. The predicted molar refractivity (Wildman–Crippen MR) is 52.3 cm³/mol. The van der Waals surface area contributed by atoms with Gasteiger partial charge in [0.15, 0.2) is 0 Å². The minimum Gasteiger partial charge on any atom is -0.261 e. The zero-order chi connectivity index (χ0) is 8.93. The highest BCUT2D eigenvalue weighted by atomic mass is 14.7. The van der Waals surface area contributed by atoms with E-state index in [-0.39, 0.29) is 0 Å². The topological polar surface area (TPSA) is 12.9 Å². The van der Waals surface area contributed by atoms with Crippen molar-refractivity contribution >= 4 is 0 Å². The van der Waals surface area contributed by atoms with Crippen molar-refractivity contribution in [3.05, 3.63) is 66.0 Å². The minimum atomic E-state index is 0.863. The molecule has 0 amide bonds. The van der Waals surface area contributed by atoms with Crippen molar-refractivity contribution in [2.24, 2.45) is 0 Å². The van der Waals surface area contributed by atoms with Gasteiger partial charge in [0.2, 0.25) is 0 Å². The minimum absolute atomic E-state index is 0.863. The summed E-state index contributed by atoms with van der Waals surface area (Å²) in [5.74, 6) is 0. The summed E-state index contributed by atoms with van der Waals surface area (Å²) in [6.07, 6.45) is 2.68. The Bertz CT molecular complexity index is 316. The highest BCUT2D eigenvalue weighted by Crippen LogP contribution is 2.04.